The lowest BCUT2D eigenvalue weighted by molar-refractivity contribution is 0.0995. The highest BCUT2D eigenvalue weighted by atomic mass is 16.3. The molecule has 0 unspecified atom stereocenters. The zero-order chi connectivity index (χ0) is 23.3. The fourth-order valence-electron chi connectivity index (χ4n) is 2.74. The van der Waals surface area contributed by atoms with Crippen molar-refractivity contribution in [2.75, 3.05) is 18.9 Å². The number of hydrogen-bond acceptors (Lipinski definition) is 11. The number of aliphatic hydroxyl groups excluding tert-OH is 1. The van der Waals surface area contributed by atoms with Crippen molar-refractivity contribution in [2.24, 2.45) is 16.5 Å². The summed E-state index contributed by atoms with van der Waals surface area (Å²) in [5, 5.41) is 35.9. The van der Waals surface area contributed by atoms with Crippen LogP contribution in [0.5, 0.6) is 0 Å². The maximum atomic E-state index is 11.7. The molecule has 3 heterocycles. The number of aromatic amines is 1. The van der Waals surface area contributed by atoms with E-state index in [1.54, 1.807) is 19.4 Å². The van der Waals surface area contributed by atoms with E-state index in [9.17, 15) is 9.90 Å². The summed E-state index contributed by atoms with van der Waals surface area (Å²) in [5.74, 6) is -0.835. The number of nitrogens with zero attached hydrogens (tertiary/aromatic N) is 7. The molecule has 0 radical (unpaired) electrons. The molecule has 0 aliphatic heterocycles. The van der Waals surface area contributed by atoms with Gasteiger partial charge in [0.1, 0.15) is 17.1 Å². The Balaban J connectivity index is 2.04. The van der Waals surface area contributed by atoms with Gasteiger partial charge in [0.05, 0.1) is 25.5 Å². The maximum Gasteiger partial charge on any atom is 0.267 e. The van der Waals surface area contributed by atoms with E-state index in [-0.39, 0.29) is 46.7 Å². The molecule has 1 amide bonds. The van der Waals surface area contributed by atoms with Gasteiger partial charge in [0, 0.05) is 30.2 Å². The second-order valence-electron chi connectivity index (χ2n) is 6.47. The van der Waals surface area contributed by atoms with Gasteiger partial charge in [0.25, 0.3) is 5.91 Å². The normalized spacial score (nSPS) is 12.4. The fraction of sp³-hybridized carbons (Fsp3) is 0.222. The van der Waals surface area contributed by atoms with Gasteiger partial charge in [-0.25, -0.2) is 9.97 Å². The van der Waals surface area contributed by atoms with Crippen molar-refractivity contribution in [3.05, 3.63) is 47.0 Å². The quantitative estimate of drug-likeness (QED) is 0.192. The molecule has 0 aliphatic rings. The number of H-pyrrole nitrogens is 1. The Morgan fingerprint density at radius 2 is 2.06 bits per heavy atom. The molecule has 3 aromatic rings. The predicted molar refractivity (Wildman–Crippen MR) is 117 cm³/mol. The number of anilines is 1. The van der Waals surface area contributed by atoms with Gasteiger partial charge in [0.2, 0.25) is 5.82 Å². The summed E-state index contributed by atoms with van der Waals surface area (Å²) in [6.45, 7) is 2.10. The highest BCUT2D eigenvalue weighted by Crippen LogP contribution is 2.25. The summed E-state index contributed by atoms with van der Waals surface area (Å²) in [6.07, 6.45) is 4.15. The molecule has 14 heteroatoms. The van der Waals surface area contributed by atoms with E-state index in [2.05, 4.69) is 40.7 Å². The molecule has 3 rings (SSSR count). The number of pyridine rings is 1. The average Bonchev–Trinajstić information content (AvgIpc) is 3.47. The first-order valence-corrected chi connectivity index (χ1v) is 9.36. The number of carbonyl (C=O) groups is 1. The van der Waals surface area contributed by atoms with Crippen LogP contribution in [0.15, 0.2) is 34.9 Å². The second-order valence-corrected chi connectivity index (χ2v) is 6.47. The first-order valence-electron chi connectivity index (χ1n) is 9.36. The number of rotatable bonds is 9. The Bertz CT molecular complexity index is 1190. The van der Waals surface area contributed by atoms with Gasteiger partial charge >= 0.3 is 0 Å². The number of nitrogens with one attached hydrogen (secondary N) is 3. The molecule has 0 aliphatic carbocycles. The molecule has 0 spiro atoms. The smallest absolute Gasteiger partial charge is 0.267 e. The average molecular weight is 438 g/mol. The van der Waals surface area contributed by atoms with Crippen LogP contribution in [-0.4, -0.2) is 71.7 Å². The first-order chi connectivity index (χ1) is 15.3. The Hall–Kier alpha value is -4.62. The van der Waals surface area contributed by atoms with Crippen molar-refractivity contribution in [1.29, 1.82) is 5.41 Å². The Kier molecular flexibility index (Phi) is 6.53. The van der Waals surface area contributed by atoms with E-state index in [0.29, 0.717) is 17.8 Å². The summed E-state index contributed by atoms with van der Waals surface area (Å²) in [6, 6.07) is 1.43. The minimum absolute atomic E-state index is 0.0255. The number of amides is 1. The number of carbonyl (C=O) groups excluding carboxylic acids is 1. The number of nitrogens with two attached hydrogens (primary N) is 2. The molecule has 0 bridgehead atoms. The minimum atomic E-state index is -0.746. The SMILES string of the molecule is CNc1cc(C(N)=O)nc(-c2n[nH]c(C(=NCCn3nccn3)/C(O)=C(/C)N)n2)c1C=N. The van der Waals surface area contributed by atoms with E-state index >= 15 is 0 Å². The molecule has 8 N–H and O–H groups in total. The predicted octanol–water partition coefficient (Wildman–Crippen LogP) is -0.166. The molecule has 14 nitrogen and oxygen atoms in total. The third-order valence-corrected chi connectivity index (χ3v) is 4.28. The maximum absolute atomic E-state index is 11.7. The van der Waals surface area contributed by atoms with Crippen molar-refractivity contribution in [3.8, 4) is 11.5 Å². The van der Waals surface area contributed by atoms with Crippen LogP contribution in [0.3, 0.4) is 0 Å². The molecule has 0 fully saturated rings. The van der Waals surface area contributed by atoms with E-state index in [1.165, 1.54) is 17.8 Å². The summed E-state index contributed by atoms with van der Waals surface area (Å²) < 4.78 is 0. The van der Waals surface area contributed by atoms with E-state index < -0.39 is 5.91 Å². The first kappa shape index (κ1) is 22.1. The molecule has 0 saturated carbocycles. The standard InChI is InChI=1S/C18H22N12O2/c1-9(20)15(31)14(23-5-6-30-24-3-4-25-30)18-27-17(28-29-18)13-10(8-19)11(22-2)7-12(26-13)16(21)32/h3-4,7-8,19,31H,5-6,20H2,1-2H3,(H2,21,32)(H,22,26)(H,27,28,29)/b15-9+,19-8?,23-14?. The van der Waals surface area contributed by atoms with Crippen LogP contribution in [-0.2, 0) is 6.54 Å². The van der Waals surface area contributed by atoms with E-state index in [1.807, 2.05) is 0 Å². The van der Waals surface area contributed by atoms with Crippen LogP contribution >= 0.6 is 0 Å². The molecule has 0 aromatic carbocycles. The van der Waals surface area contributed by atoms with Crippen LogP contribution in [0.25, 0.3) is 11.5 Å². The van der Waals surface area contributed by atoms with Crippen molar-refractivity contribution >= 4 is 23.5 Å². The minimum Gasteiger partial charge on any atom is -0.504 e. The van der Waals surface area contributed by atoms with Crippen molar-refractivity contribution in [1.82, 2.24) is 35.2 Å². The zero-order valence-electron chi connectivity index (χ0n) is 17.4. The van der Waals surface area contributed by atoms with Gasteiger partial charge in [0.15, 0.2) is 11.6 Å². The van der Waals surface area contributed by atoms with Crippen LogP contribution in [0.2, 0.25) is 0 Å². The van der Waals surface area contributed by atoms with Crippen LogP contribution < -0.4 is 16.8 Å². The van der Waals surface area contributed by atoms with E-state index in [4.69, 9.17) is 16.9 Å². The molecule has 166 valence electrons. The Morgan fingerprint density at radius 1 is 1.34 bits per heavy atom. The van der Waals surface area contributed by atoms with Crippen molar-refractivity contribution in [3.63, 3.8) is 0 Å². The number of aliphatic hydroxyl groups is 1. The van der Waals surface area contributed by atoms with Gasteiger partial charge in [-0.3, -0.25) is 14.9 Å². The molecular formula is C18H22N12O2. The highest BCUT2D eigenvalue weighted by Gasteiger charge is 2.21. The number of primary amides is 1. The largest absolute Gasteiger partial charge is 0.504 e. The molecule has 0 atom stereocenters. The summed E-state index contributed by atoms with van der Waals surface area (Å²) in [7, 11) is 1.63. The lowest BCUT2D eigenvalue weighted by Crippen LogP contribution is -2.16. The third-order valence-electron chi connectivity index (χ3n) is 4.28. The number of aromatic nitrogens is 7. The van der Waals surface area contributed by atoms with Gasteiger partial charge in [-0.05, 0) is 13.0 Å². The topological polar surface area (TPSA) is 223 Å². The van der Waals surface area contributed by atoms with Crippen LogP contribution in [0.1, 0.15) is 28.8 Å². The van der Waals surface area contributed by atoms with Crippen LogP contribution in [0, 0.1) is 5.41 Å². The van der Waals surface area contributed by atoms with Gasteiger partial charge < -0.3 is 27.3 Å². The highest BCUT2D eigenvalue weighted by molar-refractivity contribution is 6.09. The molecule has 3 aromatic heterocycles. The van der Waals surface area contributed by atoms with Crippen molar-refractivity contribution in [2.45, 2.75) is 13.5 Å². The van der Waals surface area contributed by atoms with Gasteiger partial charge in [-0.2, -0.15) is 20.1 Å². The fourth-order valence-corrected chi connectivity index (χ4v) is 2.74. The van der Waals surface area contributed by atoms with Gasteiger partial charge in [-0.1, -0.05) is 0 Å². The van der Waals surface area contributed by atoms with Gasteiger partial charge in [-0.15, -0.1) is 0 Å². The zero-order valence-corrected chi connectivity index (χ0v) is 17.4. The van der Waals surface area contributed by atoms with E-state index in [0.717, 1.165) is 6.21 Å². The molecular weight excluding hydrogens is 416 g/mol. The van der Waals surface area contributed by atoms with Crippen LogP contribution in [0.4, 0.5) is 5.69 Å². The lowest BCUT2D eigenvalue weighted by Gasteiger charge is -2.10. The Labute approximate surface area is 182 Å². The summed E-state index contributed by atoms with van der Waals surface area (Å²) in [4.78, 5) is 26.0. The monoisotopic (exact) mass is 438 g/mol. The van der Waals surface area contributed by atoms with Crippen molar-refractivity contribution < 1.29 is 9.90 Å². The molecule has 0 saturated heterocycles. The third kappa shape index (κ3) is 4.58. The Morgan fingerprint density at radius 3 is 2.66 bits per heavy atom. The number of aliphatic imine (C=N–C) groups is 1. The lowest BCUT2D eigenvalue weighted by atomic mass is 10.1. The summed E-state index contributed by atoms with van der Waals surface area (Å²) in [5.41, 5.74) is 12.3. The summed E-state index contributed by atoms with van der Waals surface area (Å²) >= 11 is 0. The number of allylic oxidation sites excluding steroid dienone is 2. The second kappa shape index (κ2) is 9.46. The number of hydrogen-bond donors (Lipinski definition) is 6. The molecule has 32 heavy (non-hydrogen) atoms.